The van der Waals surface area contributed by atoms with Crippen LogP contribution < -0.4 is 0 Å². The molecular formula is C10H18O3. The minimum Gasteiger partial charge on any atom is -0.381 e. The SMILES string of the molecule is CC(C)C(=O)COC1CCOCC1. The molecule has 1 rings (SSSR count). The van der Waals surface area contributed by atoms with E-state index in [9.17, 15) is 4.79 Å². The van der Waals surface area contributed by atoms with Crippen molar-refractivity contribution < 1.29 is 14.3 Å². The van der Waals surface area contributed by atoms with Crippen LogP contribution in [0.25, 0.3) is 0 Å². The van der Waals surface area contributed by atoms with Gasteiger partial charge in [0.05, 0.1) is 6.10 Å². The summed E-state index contributed by atoms with van der Waals surface area (Å²) in [5.41, 5.74) is 0. The second-order valence-electron chi connectivity index (χ2n) is 3.74. The number of carbonyl (C=O) groups is 1. The lowest BCUT2D eigenvalue weighted by atomic mass is 10.1. The normalized spacial score (nSPS) is 19.3. The quantitative estimate of drug-likeness (QED) is 0.666. The molecule has 0 aromatic carbocycles. The molecule has 1 saturated heterocycles. The molecule has 1 heterocycles. The number of ether oxygens (including phenoxy) is 2. The van der Waals surface area contributed by atoms with E-state index in [-0.39, 0.29) is 24.4 Å². The Hall–Kier alpha value is -0.410. The van der Waals surface area contributed by atoms with E-state index in [1.54, 1.807) is 0 Å². The van der Waals surface area contributed by atoms with E-state index >= 15 is 0 Å². The van der Waals surface area contributed by atoms with Gasteiger partial charge in [-0.3, -0.25) is 4.79 Å². The fourth-order valence-corrected chi connectivity index (χ4v) is 1.21. The van der Waals surface area contributed by atoms with Gasteiger partial charge in [0.25, 0.3) is 0 Å². The van der Waals surface area contributed by atoms with Gasteiger partial charge in [0, 0.05) is 19.1 Å². The van der Waals surface area contributed by atoms with Gasteiger partial charge in [0.2, 0.25) is 0 Å². The highest BCUT2D eigenvalue weighted by Gasteiger charge is 2.16. The molecule has 0 saturated carbocycles. The average Bonchev–Trinajstić information content (AvgIpc) is 2.15. The maximum Gasteiger partial charge on any atom is 0.160 e. The first-order valence-corrected chi connectivity index (χ1v) is 4.92. The molecule has 0 amide bonds. The summed E-state index contributed by atoms with van der Waals surface area (Å²) in [5.74, 6) is 0.270. The van der Waals surface area contributed by atoms with Crippen LogP contribution in [0.1, 0.15) is 26.7 Å². The lowest BCUT2D eigenvalue weighted by molar-refractivity contribution is -0.130. The Morgan fingerprint density at radius 2 is 2.08 bits per heavy atom. The molecule has 1 aliphatic heterocycles. The highest BCUT2D eigenvalue weighted by atomic mass is 16.5. The summed E-state index contributed by atoms with van der Waals surface area (Å²) in [5, 5.41) is 0. The van der Waals surface area contributed by atoms with Crippen molar-refractivity contribution in [1.82, 2.24) is 0 Å². The molecule has 13 heavy (non-hydrogen) atoms. The molecule has 0 aliphatic carbocycles. The smallest absolute Gasteiger partial charge is 0.160 e. The van der Waals surface area contributed by atoms with Gasteiger partial charge in [-0.2, -0.15) is 0 Å². The molecule has 0 aromatic heterocycles. The summed E-state index contributed by atoms with van der Waals surface area (Å²) in [7, 11) is 0. The third-order valence-electron chi connectivity index (χ3n) is 2.27. The molecule has 1 aliphatic rings. The molecule has 3 heteroatoms. The van der Waals surface area contributed by atoms with Crippen LogP contribution in [0.5, 0.6) is 0 Å². The predicted molar refractivity (Wildman–Crippen MR) is 49.6 cm³/mol. The van der Waals surface area contributed by atoms with Gasteiger partial charge in [0.1, 0.15) is 6.61 Å². The van der Waals surface area contributed by atoms with Gasteiger partial charge in [-0.1, -0.05) is 13.8 Å². The standard InChI is InChI=1S/C10H18O3/c1-8(2)10(11)7-13-9-3-5-12-6-4-9/h8-9H,3-7H2,1-2H3. The Morgan fingerprint density at radius 1 is 1.46 bits per heavy atom. The van der Waals surface area contributed by atoms with E-state index in [0.29, 0.717) is 0 Å². The molecule has 0 N–H and O–H groups in total. The summed E-state index contributed by atoms with van der Waals surface area (Å²) >= 11 is 0. The lowest BCUT2D eigenvalue weighted by Gasteiger charge is -2.22. The largest absolute Gasteiger partial charge is 0.381 e. The van der Waals surface area contributed by atoms with Crippen LogP contribution in [0.3, 0.4) is 0 Å². The van der Waals surface area contributed by atoms with E-state index in [0.717, 1.165) is 26.1 Å². The van der Waals surface area contributed by atoms with Crippen LogP contribution in [0.15, 0.2) is 0 Å². The molecule has 1 fully saturated rings. The van der Waals surface area contributed by atoms with Crippen LogP contribution in [0.4, 0.5) is 0 Å². The van der Waals surface area contributed by atoms with Gasteiger partial charge in [0.15, 0.2) is 5.78 Å². The minimum absolute atomic E-state index is 0.0832. The number of hydrogen-bond acceptors (Lipinski definition) is 3. The lowest BCUT2D eigenvalue weighted by Crippen LogP contribution is -2.27. The monoisotopic (exact) mass is 186 g/mol. The zero-order valence-corrected chi connectivity index (χ0v) is 8.41. The van der Waals surface area contributed by atoms with Crippen molar-refractivity contribution in [3.8, 4) is 0 Å². The van der Waals surface area contributed by atoms with Crippen molar-refractivity contribution >= 4 is 5.78 Å². The number of rotatable bonds is 4. The van der Waals surface area contributed by atoms with Crippen molar-refractivity contribution in [2.75, 3.05) is 19.8 Å². The highest BCUT2D eigenvalue weighted by molar-refractivity contribution is 5.81. The molecule has 0 atom stereocenters. The molecule has 0 unspecified atom stereocenters. The summed E-state index contributed by atoms with van der Waals surface area (Å²) in [6, 6.07) is 0. The summed E-state index contributed by atoms with van der Waals surface area (Å²) < 4.78 is 10.7. The maximum atomic E-state index is 11.2. The highest BCUT2D eigenvalue weighted by Crippen LogP contribution is 2.10. The number of ketones is 1. The van der Waals surface area contributed by atoms with Crippen LogP contribution in [-0.2, 0) is 14.3 Å². The molecule has 0 aromatic rings. The predicted octanol–water partition coefficient (Wildman–Crippen LogP) is 1.41. The Kier molecular flexibility index (Phi) is 4.39. The van der Waals surface area contributed by atoms with Crippen LogP contribution in [0.2, 0.25) is 0 Å². The van der Waals surface area contributed by atoms with Crippen molar-refractivity contribution in [2.45, 2.75) is 32.8 Å². The van der Waals surface area contributed by atoms with Crippen LogP contribution in [-0.4, -0.2) is 31.7 Å². The first-order valence-electron chi connectivity index (χ1n) is 4.92. The van der Waals surface area contributed by atoms with Gasteiger partial charge < -0.3 is 9.47 Å². The zero-order valence-electron chi connectivity index (χ0n) is 8.41. The first-order chi connectivity index (χ1) is 6.20. The van der Waals surface area contributed by atoms with Gasteiger partial charge in [-0.25, -0.2) is 0 Å². The fraction of sp³-hybridized carbons (Fsp3) is 0.900. The van der Waals surface area contributed by atoms with Crippen molar-refractivity contribution in [3.05, 3.63) is 0 Å². The van der Waals surface area contributed by atoms with E-state index in [1.807, 2.05) is 13.8 Å². The molecule has 3 nitrogen and oxygen atoms in total. The maximum absolute atomic E-state index is 11.2. The second kappa shape index (κ2) is 5.35. The third kappa shape index (κ3) is 3.87. The Labute approximate surface area is 79.4 Å². The second-order valence-corrected chi connectivity index (χ2v) is 3.74. The molecule has 0 radical (unpaired) electrons. The van der Waals surface area contributed by atoms with Gasteiger partial charge >= 0.3 is 0 Å². The topological polar surface area (TPSA) is 35.5 Å². The molecular weight excluding hydrogens is 168 g/mol. The summed E-state index contributed by atoms with van der Waals surface area (Å²) in [6.07, 6.45) is 2.08. The summed E-state index contributed by atoms with van der Waals surface area (Å²) in [4.78, 5) is 11.2. The Bertz CT molecular complexity index is 160. The van der Waals surface area contributed by atoms with E-state index < -0.39 is 0 Å². The Morgan fingerprint density at radius 3 is 2.62 bits per heavy atom. The van der Waals surface area contributed by atoms with Crippen molar-refractivity contribution in [2.24, 2.45) is 5.92 Å². The van der Waals surface area contributed by atoms with Crippen molar-refractivity contribution in [3.63, 3.8) is 0 Å². The summed E-state index contributed by atoms with van der Waals surface area (Å²) in [6.45, 7) is 5.59. The number of carbonyl (C=O) groups excluding carboxylic acids is 1. The van der Waals surface area contributed by atoms with Gasteiger partial charge in [-0.05, 0) is 12.8 Å². The van der Waals surface area contributed by atoms with Crippen LogP contribution in [0, 0.1) is 5.92 Å². The van der Waals surface area contributed by atoms with E-state index in [4.69, 9.17) is 9.47 Å². The third-order valence-corrected chi connectivity index (χ3v) is 2.27. The average molecular weight is 186 g/mol. The van der Waals surface area contributed by atoms with Crippen LogP contribution >= 0.6 is 0 Å². The zero-order chi connectivity index (χ0) is 9.68. The van der Waals surface area contributed by atoms with E-state index in [2.05, 4.69) is 0 Å². The first kappa shape index (κ1) is 10.7. The fourth-order valence-electron chi connectivity index (χ4n) is 1.21. The molecule has 76 valence electrons. The van der Waals surface area contributed by atoms with Crippen molar-refractivity contribution in [1.29, 1.82) is 0 Å². The molecule has 0 spiro atoms. The minimum atomic E-state index is 0.0832. The number of Topliss-reactive ketones (excluding diaryl/α,β-unsaturated/α-hetero) is 1. The van der Waals surface area contributed by atoms with Gasteiger partial charge in [-0.15, -0.1) is 0 Å². The molecule has 0 bridgehead atoms. The Balaban J connectivity index is 2.13. The number of hydrogen-bond donors (Lipinski definition) is 0. The van der Waals surface area contributed by atoms with E-state index in [1.165, 1.54) is 0 Å².